The molecule has 0 saturated heterocycles. The average Bonchev–Trinajstić information content (AvgIpc) is 2.82. The number of nitrogens with zero attached hydrogens (tertiary/aromatic N) is 1. The first kappa shape index (κ1) is 14.4. The maximum absolute atomic E-state index is 12.0. The quantitative estimate of drug-likeness (QED) is 0.851. The van der Waals surface area contributed by atoms with Gasteiger partial charge in [-0.15, -0.1) is 0 Å². The summed E-state index contributed by atoms with van der Waals surface area (Å²) in [5.41, 5.74) is 10.5. The molecule has 0 saturated carbocycles. The fourth-order valence-corrected chi connectivity index (χ4v) is 2.72. The summed E-state index contributed by atoms with van der Waals surface area (Å²) >= 11 is 1.69. The predicted molar refractivity (Wildman–Crippen MR) is 85.3 cm³/mol. The minimum Gasteiger partial charge on any atom is -0.397 e. The van der Waals surface area contributed by atoms with Gasteiger partial charge in [0.25, 0.3) is 5.91 Å². The standard InChI is InChI=1S/C15H19N3OS/c1-10-8-20-9-12(10)7-17-14-6-11(4-5-13(14)16)15(19)18(2)3/h4-6,8-9,17H,7,16H2,1-3H3. The van der Waals surface area contributed by atoms with Gasteiger partial charge < -0.3 is 16.0 Å². The van der Waals surface area contributed by atoms with Crippen molar-refractivity contribution >= 4 is 28.6 Å². The van der Waals surface area contributed by atoms with Crippen molar-refractivity contribution in [3.05, 3.63) is 45.6 Å². The molecule has 0 bridgehead atoms. The molecule has 1 aromatic carbocycles. The summed E-state index contributed by atoms with van der Waals surface area (Å²) in [6, 6.07) is 5.32. The number of rotatable bonds is 4. The highest BCUT2D eigenvalue weighted by Crippen LogP contribution is 2.23. The number of amides is 1. The van der Waals surface area contributed by atoms with E-state index in [-0.39, 0.29) is 5.91 Å². The minimum atomic E-state index is -0.0280. The zero-order chi connectivity index (χ0) is 14.7. The maximum atomic E-state index is 12.0. The Morgan fingerprint density at radius 3 is 2.70 bits per heavy atom. The van der Waals surface area contributed by atoms with Crippen LogP contribution >= 0.6 is 11.3 Å². The van der Waals surface area contributed by atoms with Crippen molar-refractivity contribution in [1.82, 2.24) is 4.90 Å². The van der Waals surface area contributed by atoms with Crippen molar-refractivity contribution in [2.45, 2.75) is 13.5 Å². The molecule has 0 unspecified atom stereocenters. The van der Waals surface area contributed by atoms with Crippen LogP contribution in [0.15, 0.2) is 29.0 Å². The Kier molecular flexibility index (Phi) is 4.29. The molecule has 1 amide bonds. The molecule has 2 rings (SSSR count). The lowest BCUT2D eigenvalue weighted by atomic mass is 10.1. The number of aryl methyl sites for hydroxylation is 1. The fraction of sp³-hybridized carbons (Fsp3) is 0.267. The van der Waals surface area contributed by atoms with Crippen LogP contribution in [0.3, 0.4) is 0 Å². The zero-order valence-electron chi connectivity index (χ0n) is 11.9. The number of hydrogen-bond donors (Lipinski definition) is 2. The van der Waals surface area contributed by atoms with E-state index in [1.54, 1.807) is 48.5 Å². The number of nitrogen functional groups attached to an aromatic ring is 1. The third-order valence-corrected chi connectivity index (χ3v) is 4.05. The van der Waals surface area contributed by atoms with E-state index >= 15 is 0 Å². The van der Waals surface area contributed by atoms with E-state index in [1.165, 1.54) is 11.1 Å². The zero-order valence-corrected chi connectivity index (χ0v) is 12.8. The normalized spacial score (nSPS) is 10.3. The van der Waals surface area contributed by atoms with Crippen molar-refractivity contribution in [2.24, 2.45) is 0 Å². The molecule has 0 spiro atoms. The Morgan fingerprint density at radius 1 is 1.35 bits per heavy atom. The molecule has 0 atom stereocenters. The third-order valence-electron chi connectivity index (χ3n) is 3.14. The highest BCUT2D eigenvalue weighted by Gasteiger charge is 2.10. The molecule has 3 N–H and O–H groups in total. The van der Waals surface area contributed by atoms with Gasteiger partial charge in [0.2, 0.25) is 0 Å². The molecule has 4 nitrogen and oxygen atoms in total. The van der Waals surface area contributed by atoms with E-state index in [9.17, 15) is 4.79 Å². The van der Waals surface area contributed by atoms with Crippen LogP contribution in [0.1, 0.15) is 21.5 Å². The molecule has 2 aromatic rings. The molecule has 1 aromatic heterocycles. The number of thiophene rings is 1. The Hall–Kier alpha value is -2.01. The van der Waals surface area contributed by atoms with E-state index in [0.717, 1.165) is 5.69 Å². The largest absolute Gasteiger partial charge is 0.397 e. The molecule has 0 fully saturated rings. The van der Waals surface area contributed by atoms with Gasteiger partial charge in [0, 0.05) is 26.2 Å². The average molecular weight is 289 g/mol. The number of nitrogens with one attached hydrogen (secondary N) is 1. The second-order valence-corrected chi connectivity index (χ2v) is 5.68. The van der Waals surface area contributed by atoms with Crippen LogP contribution in [0.4, 0.5) is 11.4 Å². The van der Waals surface area contributed by atoms with Crippen molar-refractivity contribution < 1.29 is 4.79 Å². The third kappa shape index (κ3) is 3.11. The molecular formula is C15H19N3OS. The second-order valence-electron chi connectivity index (χ2n) is 4.94. The summed E-state index contributed by atoms with van der Waals surface area (Å²) < 4.78 is 0. The van der Waals surface area contributed by atoms with Gasteiger partial charge >= 0.3 is 0 Å². The van der Waals surface area contributed by atoms with Crippen LogP contribution in [0, 0.1) is 6.92 Å². The number of nitrogens with two attached hydrogens (primary N) is 1. The van der Waals surface area contributed by atoms with Gasteiger partial charge in [-0.25, -0.2) is 0 Å². The molecule has 1 heterocycles. The number of carbonyl (C=O) groups is 1. The first-order valence-corrected chi connectivity index (χ1v) is 7.30. The molecule has 0 aliphatic rings. The molecular weight excluding hydrogens is 270 g/mol. The van der Waals surface area contributed by atoms with E-state index in [0.29, 0.717) is 17.8 Å². The summed E-state index contributed by atoms with van der Waals surface area (Å²) in [6.07, 6.45) is 0. The molecule has 106 valence electrons. The molecule has 5 heteroatoms. The summed E-state index contributed by atoms with van der Waals surface area (Å²) in [5.74, 6) is -0.0280. The molecule has 20 heavy (non-hydrogen) atoms. The van der Waals surface area contributed by atoms with Crippen molar-refractivity contribution in [3.63, 3.8) is 0 Å². The lowest BCUT2D eigenvalue weighted by Gasteiger charge is -2.14. The summed E-state index contributed by atoms with van der Waals surface area (Å²) in [5, 5.41) is 7.54. The van der Waals surface area contributed by atoms with Crippen molar-refractivity contribution in [2.75, 3.05) is 25.1 Å². The van der Waals surface area contributed by atoms with Gasteiger partial charge in [0.1, 0.15) is 0 Å². The number of benzene rings is 1. The highest BCUT2D eigenvalue weighted by molar-refractivity contribution is 7.08. The monoisotopic (exact) mass is 289 g/mol. The lowest BCUT2D eigenvalue weighted by Crippen LogP contribution is -2.21. The number of carbonyl (C=O) groups excluding carboxylic acids is 1. The van der Waals surface area contributed by atoms with Crippen LogP contribution in [0.2, 0.25) is 0 Å². The highest BCUT2D eigenvalue weighted by atomic mass is 32.1. The summed E-state index contributed by atoms with van der Waals surface area (Å²) in [7, 11) is 3.47. The van der Waals surface area contributed by atoms with E-state index in [1.807, 2.05) is 0 Å². The molecule has 0 radical (unpaired) electrons. The first-order valence-electron chi connectivity index (χ1n) is 6.35. The van der Waals surface area contributed by atoms with Crippen LogP contribution in [-0.4, -0.2) is 24.9 Å². The summed E-state index contributed by atoms with van der Waals surface area (Å²) in [6.45, 7) is 2.79. The van der Waals surface area contributed by atoms with Crippen LogP contribution in [0.5, 0.6) is 0 Å². The number of hydrogen-bond acceptors (Lipinski definition) is 4. The lowest BCUT2D eigenvalue weighted by molar-refractivity contribution is 0.0827. The van der Waals surface area contributed by atoms with Crippen LogP contribution < -0.4 is 11.1 Å². The Labute approximate surface area is 123 Å². The fourth-order valence-electron chi connectivity index (χ4n) is 1.86. The maximum Gasteiger partial charge on any atom is 0.253 e. The topological polar surface area (TPSA) is 58.4 Å². The van der Waals surface area contributed by atoms with Crippen LogP contribution in [0.25, 0.3) is 0 Å². The van der Waals surface area contributed by atoms with Gasteiger partial charge in [-0.1, -0.05) is 0 Å². The van der Waals surface area contributed by atoms with Gasteiger partial charge in [0.05, 0.1) is 11.4 Å². The van der Waals surface area contributed by atoms with Gasteiger partial charge in [-0.05, 0) is 47.0 Å². The second kappa shape index (κ2) is 5.96. The Morgan fingerprint density at radius 2 is 2.10 bits per heavy atom. The Bertz CT molecular complexity index is 619. The first-order chi connectivity index (χ1) is 9.49. The SMILES string of the molecule is Cc1cscc1CNc1cc(C(=O)N(C)C)ccc1N. The minimum absolute atomic E-state index is 0.0280. The predicted octanol–water partition coefficient (Wildman–Crippen LogP) is 2.95. The van der Waals surface area contributed by atoms with Crippen LogP contribution in [-0.2, 0) is 6.54 Å². The van der Waals surface area contributed by atoms with Crippen molar-refractivity contribution in [1.29, 1.82) is 0 Å². The van der Waals surface area contributed by atoms with Gasteiger partial charge in [-0.3, -0.25) is 4.79 Å². The van der Waals surface area contributed by atoms with E-state index in [2.05, 4.69) is 23.0 Å². The molecule has 0 aliphatic carbocycles. The van der Waals surface area contributed by atoms with E-state index < -0.39 is 0 Å². The smallest absolute Gasteiger partial charge is 0.253 e. The van der Waals surface area contributed by atoms with Crippen molar-refractivity contribution in [3.8, 4) is 0 Å². The Balaban J connectivity index is 2.17. The van der Waals surface area contributed by atoms with Gasteiger partial charge in [-0.2, -0.15) is 11.3 Å². The summed E-state index contributed by atoms with van der Waals surface area (Å²) in [4.78, 5) is 13.5. The van der Waals surface area contributed by atoms with E-state index in [4.69, 9.17) is 5.73 Å². The van der Waals surface area contributed by atoms with Gasteiger partial charge in [0.15, 0.2) is 0 Å². The molecule has 0 aliphatic heterocycles. The number of anilines is 2.